The standard InChI is InChI=1S/C9H11BrClN3O3S/c10-6-3-7(9(11)13-4-6)8-5-17-2-1-14(8)18(12,15)16/h3-4,8H,1-2,5H2,(H2,12,15,16). The number of pyridine rings is 1. The van der Waals surface area contributed by atoms with Crippen LogP contribution < -0.4 is 5.14 Å². The Morgan fingerprint density at radius 1 is 1.61 bits per heavy atom. The fourth-order valence-electron chi connectivity index (χ4n) is 1.81. The van der Waals surface area contributed by atoms with Gasteiger partial charge in [-0.05, 0) is 22.0 Å². The lowest BCUT2D eigenvalue weighted by Gasteiger charge is -2.33. The van der Waals surface area contributed by atoms with Crippen molar-refractivity contribution in [1.29, 1.82) is 0 Å². The average molecular weight is 357 g/mol. The van der Waals surface area contributed by atoms with Crippen LogP contribution in [0, 0.1) is 0 Å². The lowest BCUT2D eigenvalue weighted by molar-refractivity contribution is 0.0320. The highest BCUT2D eigenvalue weighted by molar-refractivity contribution is 9.10. The zero-order valence-corrected chi connectivity index (χ0v) is 12.4. The van der Waals surface area contributed by atoms with E-state index < -0.39 is 16.3 Å². The first-order chi connectivity index (χ1) is 8.39. The summed E-state index contributed by atoms with van der Waals surface area (Å²) in [5.74, 6) is 0. The number of rotatable bonds is 2. The van der Waals surface area contributed by atoms with Crippen molar-refractivity contribution in [3.8, 4) is 0 Å². The van der Waals surface area contributed by atoms with E-state index in [0.29, 0.717) is 16.6 Å². The molecule has 0 radical (unpaired) electrons. The van der Waals surface area contributed by atoms with Gasteiger partial charge in [0.05, 0.1) is 19.3 Å². The third-order valence-electron chi connectivity index (χ3n) is 2.60. The first kappa shape index (κ1) is 14.2. The summed E-state index contributed by atoms with van der Waals surface area (Å²) in [5.41, 5.74) is 0.569. The van der Waals surface area contributed by atoms with E-state index in [4.69, 9.17) is 21.5 Å². The third-order valence-corrected chi connectivity index (χ3v) is 4.44. The number of ether oxygens (including phenoxy) is 1. The van der Waals surface area contributed by atoms with Crippen molar-refractivity contribution in [2.75, 3.05) is 19.8 Å². The molecule has 9 heteroatoms. The quantitative estimate of drug-likeness (QED) is 0.803. The predicted molar refractivity (Wildman–Crippen MR) is 70.3 cm³/mol. The van der Waals surface area contributed by atoms with E-state index in [1.807, 2.05) is 0 Å². The molecule has 0 amide bonds. The second-order valence-electron chi connectivity index (χ2n) is 3.78. The molecule has 0 spiro atoms. The summed E-state index contributed by atoms with van der Waals surface area (Å²) in [4.78, 5) is 3.97. The Hall–Kier alpha value is -0.250. The molecule has 0 aliphatic carbocycles. The highest BCUT2D eigenvalue weighted by atomic mass is 79.9. The molecular formula is C9H11BrClN3O3S. The lowest BCUT2D eigenvalue weighted by atomic mass is 10.1. The maximum absolute atomic E-state index is 11.5. The number of nitrogens with two attached hydrogens (primary N) is 1. The van der Waals surface area contributed by atoms with Gasteiger partial charge in [-0.3, -0.25) is 0 Å². The molecule has 6 nitrogen and oxygen atoms in total. The van der Waals surface area contributed by atoms with Crippen LogP contribution in [0.25, 0.3) is 0 Å². The van der Waals surface area contributed by atoms with E-state index in [-0.39, 0.29) is 18.3 Å². The largest absolute Gasteiger partial charge is 0.378 e. The van der Waals surface area contributed by atoms with Crippen LogP contribution in [0.4, 0.5) is 0 Å². The second-order valence-corrected chi connectivity index (χ2v) is 6.55. The highest BCUT2D eigenvalue weighted by Crippen LogP contribution is 2.31. The normalized spacial score (nSPS) is 22.1. The van der Waals surface area contributed by atoms with Gasteiger partial charge in [-0.2, -0.15) is 12.7 Å². The summed E-state index contributed by atoms with van der Waals surface area (Å²) in [7, 11) is -3.80. The fraction of sp³-hybridized carbons (Fsp3) is 0.444. The zero-order valence-electron chi connectivity index (χ0n) is 9.21. The van der Waals surface area contributed by atoms with Gasteiger partial charge < -0.3 is 4.74 Å². The number of halogens is 2. The van der Waals surface area contributed by atoms with Crippen LogP contribution >= 0.6 is 27.5 Å². The van der Waals surface area contributed by atoms with Crippen molar-refractivity contribution in [2.24, 2.45) is 5.14 Å². The van der Waals surface area contributed by atoms with Crippen LogP contribution in [-0.4, -0.2) is 37.5 Å². The van der Waals surface area contributed by atoms with Crippen LogP contribution in [0.5, 0.6) is 0 Å². The Balaban J connectivity index is 2.43. The minimum atomic E-state index is -3.80. The molecule has 0 bridgehead atoms. The van der Waals surface area contributed by atoms with Crippen molar-refractivity contribution in [3.05, 3.63) is 27.5 Å². The van der Waals surface area contributed by atoms with Crippen molar-refractivity contribution < 1.29 is 13.2 Å². The maximum Gasteiger partial charge on any atom is 0.277 e. The summed E-state index contributed by atoms with van der Waals surface area (Å²) in [6.45, 7) is 0.715. The van der Waals surface area contributed by atoms with Crippen LogP contribution in [0.15, 0.2) is 16.7 Å². The van der Waals surface area contributed by atoms with E-state index >= 15 is 0 Å². The SMILES string of the molecule is NS(=O)(=O)N1CCOCC1c1cc(Br)cnc1Cl. The molecule has 18 heavy (non-hydrogen) atoms. The van der Waals surface area contributed by atoms with Crippen LogP contribution in [0.1, 0.15) is 11.6 Å². The van der Waals surface area contributed by atoms with Crippen molar-refractivity contribution >= 4 is 37.7 Å². The van der Waals surface area contributed by atoms with Gasteiger partial charge in [-0.15, -0.1) is 0 Å². The molecule has 2 N–H and O–H groups in total. The Morgan fingerprint density at radius 2 is 2.33 bits per heavy atom. The molecule has 1 aromatic rings. The van der Waals surface area contributed by atoms with Crippen molar-refractivity contribution in [3.63, 3.8) is 0 Å². The fourth-order valence-corrected chi connectivity index (χ4v) is 3.25. The molecule has 1 saturated heterocycles. The van der Waals surface area contributed by atoms with Gasteiger partial charge >= 0.3 is 0 Å². The first-order valence-electron chi connectivity index (χ1n) is 5.08. The van der Waals surface area contributed by atoms with Gasteiger partial charge in [0.2, 0.25) is 0 Å². The number of morpholine rings is 1. The Kier molecular flexibility index (Phi) is 4.25. The van der Waals surface area contributed by atoms with Crippen LogP contribution in [-0.2, 0) is 14.9 Å². The summed E-state index contributed by atoms with van der Waals surface area (Å²) in [6.07, 6.45) is 1.54. The van der Waals surface area contributed by atoms with E-state index in [0.717, 1.165) is 0 Å². The minimum Gasteiger partial charge on any atom is -0.378 e. The Labute approximate surface area is 118 Å². The minimum absolute atomic E-state index is 0.201. The van der Waals surface area contributed by atoms with Crippen molar-refractivity contribution in [2.45, 2.75) is 6.04 Å². The number of nitrogens with zero attached hydrogens (tertiary/aromatic N) is 2. The summed E-state index contributed by atoms with van der Waals surface area (Å²) >= 11 is 9.27. The van der Waals surface area contributed by atoms with Gasteiger partial charge in [0.25, 0.3) is 10.2 Å². The topological polar surface area (TPSA) is 85.5 Å². The Morgan fingerprint density at radius 3 is 3.00 bits per heavy atom. The average Bonchev–Trinajstić information content (AvgIpc) is 2.31. The molecule has 0 aromatic carbocycles. The monoisotopic (exact) mass is 355 g/mol. The number of hydrogen-bond acceptors (Lipinski definition) is 4. The van der Waals surface area contributed by atoms with E-state index in [9.17, 15) is 8.42 Å². The molecule has 1 aromatic heterocycles. The Bertz CT molecular complexity index is 554. The number of hydrogen-bond donors (Lipinski definition) is 1. The van der Waals surface area contributed by atoms with Crippen molar-refractivity contribution in [1.82, 2.24) is 9.29 Å². The van der Waals surface area contributed by atoms with Gasteiger partial charge in [0.15, 0.2) is 0 Å². The molecule has 2 heterocycles. The molecular weight excluding hydrogens is 346 g/mol. The van der Waals surface area contributed by atoms with Crippen LogP contribution in [0.2, 0.25) is 5.15 Å². The summed E-state index contributed by atoms with van der Waals surface area (Å²) < 4.78 is 30.3. The van der Waals surface area contributed by atoms with Gasteiger partial charge in [0, 0.05) is 22.8 Å². The van der Waals surface area contributed by atoms with E-state index in [1.54, 1.807) is 6.07 Å². The van der Waals surface area contributed by atoms with Gasteiger partial charge in [-0.25, -0.2) is 10.1 Å². The van der Waals surface area contributed by atoms with Crippen LogP contribution in [0.3, 0.4) is 0 Å². The molecule has 1 aliphatic heterocycles. The molecule has 1 unspecified atom stereocenters. The van der Waals surface area contributed by atoms with Gasteiger partial charge in [0.1, 0.15) is 5.15 Å². The number of aromatic nitrogens is 1. The summed E-state index contributed by atoms with van der Waals surface area (Å²) in [6, 6.07) is 1.17. The lowest BCUT2D eigenvalue weighted by Crippen LogP contribution is -2.46. The molecule has 2 rings (SSSR count). The smallest absolute Gasteiger partial charge is 0.277 e. The molecule has 100 valence electrons. The second kappa shape index (κ2) is 5.40. The van der Waals surface area contributed by atoms with Gasteiger partial charge in [-0.1, -0.05) is 11.6 Å². The maximum atomic E-state index is 11.5. The highest BCUT2D eigenvalue weighted by Gasteiger charge is 2.33. The molecule has 0 saturated carbocycles. The van der Waals surface area contributed by atoms with E-state index in [1.165, 1.54) is 10.5 Å². The molecule has 1 fully saturated rings. The predicted octanol–water partition coefficient (Wildman–Crippen LogP) is 1.07. The zero-order chi connectivity index (χ0) is 13.3. The first-order valence-corrected chi connectivity index (χ1v) is 7.75. The third kappa shape index (κ3) is 3.01. The summed E-state index contributed by atoms with van der Waals surface area (Å²) in [5, 5.41) is 5.43. The molecule has 1 atom stereocenters. The molecule has 1 aliphatic rings. The van der Waals surface area contributed by atoms with E-state index in [2.05, 4.69) is 20.9 Å².